The Hall–Kier alpha value is -0.370. The Labute approximate surface area is 81.3 Å². The van der Waals surface area contributed by atoms with Crippen molar-refractivity contribution in [2.24, 2.45) is 5.92 Å². The fraction of sp³-hybridized carbons (Fsp3) is 0.909. The summed E-state index contributed by atoms with van der Waals surface area (Å²) < 4.78 is 0. The molecule has 0 N–H and O–H groups in total. The van der Waals surface area contributed by atoms with E-state index in [1.807, 2.05) is 0 Å². The van der Waals surface area contributed by atoms with Crippen molar-refractivity contribution < 1.29 is 4.79 Å². The third kappa shape index (κ3) is 4.41. The fourth-order valence-electron chi connectivity index (χ4n) is 1.57. The summed E-state index contributed by atoms with van der Waals surface area (Å²) in [5.74, 6) is 1.22. The van der Waals surface area contributed by atoms with Gasteiger partial charge in [0.2, 0.25) is 0 Å². The first-order valence-corrected chi connectivity index (χ1v) is 5.50. The van der Waals surface area contributed by atoms with Crippen LogP contribution in [0.4, 0.5) is 0 Å². The van der Waals surface area contributed by atoms with E-state index in [0.717, 1.165) is 38.4 Å². The first-order valence-electron chi connectivity index (χ1n) is 5.50. The van der Waals surface area contributed by atoms with Crippen molar-refractivity contribution in [3.8, 4) is 0 Å². The van der Waals surface area contributed by atoms with Gasteiger partial charge in [0.1, 0.15) is 5.78 Å². The van der Waals surface area contributed by atoms with Gasteiger partial charge in [-0.1, -0.05) is 13.8 Å². The molecule has 0 amide bonds. The molecule has 76 valence electrons. The molecule has 0 atom stereocenters. The number of rotatable bonds is 7. The molecule has 0 heterocycles. The lowest BCUT2D eigenvalue weighted by Gasteiger charge is -2.16. The molecular formula is C11H21NO. The molecule has 1 fully saturated rings. The van der Waals surface area contributed by atoms with Gasteiger partial charge < -0.3 is 4.90 Å². The molecule has 0 saturated heterocycles. The second-order valence-corrected chi connectivity index (χ2v) is 3.96. The third-order valence-electron chi connectivity index (χ3n) is 2.81. The zero-order valence-corrected chi connectivity index (χ0v) is 8.88. The molecule has 0 unspecified atom stereocenters. The Morgan fingerprint density at radius 1 is 1.31 bits per heavy atom. The summed E-state index contributed by atoms with van der Waals surface area (Å²) >= 11 is 0. The quantitative estimate of drug-likeness (QED) is 0.602. The van der Waals surface area contributed by atoms with Gasteiger partial charge in [-0.3, -0.25) is 4.79 Å². The number of hydrogen-bond acceptors (Lipinski definition) is 2. The lowest BCUT2D eigenvalue weighted by Crippen LogP contribution is -2.25. The van der Waals surface area contributed by atoms with Crippen LogP contribution in [0, 0.1) is 5.92 Å². The van der Waals surface area contributed by atoms with Crippen LogP contribution < -0.4 is 0 Å². The Kier molecular flexibility index (Phi) is 4.43. The van der Waals surface area contributed by atoms with E-state index < -0.39 is 0 Å². The van der Waals surface area contributed by atoms with Gasteiger partial charge in [0.05, 0.1) is 0 Å². The van der Waals surface area contributed by atoms with Crippen molar-refractivity contribution in [1.29, 1.82) is 0 Å². The highest BCUT2D eigenvalue weighted by molar-refractivity contribution is 5.79. The van der Waals surface area contributed by atoms with E-state index >= 15 is 0 Å². The molecule has 2 heteroatoms. The Morgan fingerprint density at radius 3 is 2.38 bits per heavy atom. The van der Waals surface area contributed by atoms with Crippen molar-refractivity contribution in [2.45, 2.75) is 39.5 Å². The smallest absolute Gasteiger partial charge is 0.134 e. The molecule has 1 aliphatic rings. The van der Waals surface area contributed by atoms with Gasteiger partial charge in [-0.15, -0.1) is 0 Å². The minimum absolute atomic E-state index is 0.467. The van der Waals surface area contributed by atoms with E-state index in [2.05, 4.69) is 18.7 Å². The maximum absolute atomic E-state index is 11.4. The van der Waals surface area contributed by atoms with E-state index in [1.54, 1.807) is 0 Å². The van der Waals surface area contributed by atoms with E-state index in [4.69, 9.17) is 0 Å². The van der Waals surface area contributed by atoms with Crippen molar-refractivity contribution in [2.75, 3.05) is 19.6 Å². The molecule has 2 nitrogen and oxygen atoms in total. The fourth-order valence-corrected chi connectivity index (χ4v) is 1.57. The first-order chi connectivity index (χ1) is 6.26. The summed E-state index contributed by atoms with van der Waals surface area (Å²) in [5.41, 5.74) is 0. The van der Waals surface area contributed by atoms with Gasteiger partial charge in [0.15, 0.2) is 0 Å². The van der Waals surface area contributed by atoms with Crippen LogP contribution in [0.5, 0.6) is 0 Å². The minimum Gasteiger partial charge on any atom is -0.303 e. The van der Waals surface area contributed by atoms with Crippen LogP contribution in [0.3, 0.4) is 0 Å². The normalized spacial score (nSPS) is 16.5. The summed E-state index contributed by atoms with van der Waals surface area (Å²) in [5, 5.41) is 0. The van der Waals surface area contributed by atoms with Gasteiger partial charge in [0.25, 0.3) is 0 Å². The molecule has 0 aromatic heterocycles. The van der Waals surface area contributed by atoms with Crippen LogP contribution in [0.25, 0.3) is 0 Å². The number of nitrogens with zero attached hydrogens (tertiary/aromatic N) is 1. The van der Waals surface area contributed by atoms with Crippen LogP contribution in [-0.4, -0.2) is 30.3 Å². The van der Waals surface area contributed by atoms with Crippen molar-refractivity contribution >= 4 is 5.78 Å². The largest absolute Gasteiger partial charge is 0.303 e. The predicted octanol–water partition coefficient (Wildman–Crippen LogP) is 2.09. The van der Waals surface area contributed by atoms with E-state index in [9.17, 15) is 4.79 Å². The number of Topliss-reactive ketones (excluding diaryl/α,β-unsaturated/α-hetero) is 1. The number of hydrogen-bond donors (Lipinski definition) is 0. The highest BCUT2D eigenvalue weighted by Gasteiger charge is 2.23. The third-order valence-corrected chi connectivity index (χ3v) is 2.81. The van der Waals surface area contributed by atoms with Crippen LogP contribution in [0.15, 0.2) is 0 Å². The average molecular weight is 183 g/mol. The number of carbonyl (C=O) groups is 1. The lowest BCUT2D eigenvalue weighted by molar-refractivity contribution is -0.119. The van der Waals surface area contributed by atoms with Gasteiger partial charge in [-0.2, -0.15) is 0 Å². The second-order valence-electron chi connectivity index (χ2n) is 3.96. The predicted molar refractivity (Wildman–Crippen MR) is 54.8 cm³/mol. The zero-order chi connectivity index (χ0) is 9.68. The SMILES string of the molecule is CCN(CC)CCC(=O)CC1CC1. The van der Waals surface area contributed by atoms with Crippen LogP contribution in [0.1, 0.15) is 39.5 Å². The monoisotopic (exact) mass is 183 g/mol. The van der Waals surface area contributed by atoms with E-state index in [1.165, 1.54) is 12.8 Å². The Morgan fingerprint density at radius 2 is 1.92 bits per heavy atom. The number of carbonyl (C=O) groups excluding carboxylic acids is 1. The molecule has 0 aromatic carbocycles. The van der Waals surface area contributed by atoms with Crippen LogP contribution >= 0.6 is 0 Å². The van der Waals surface area contributed by atoms with E-state index in [0.29, 0.717) is 5.78 Å². The molecule has 1 rings (SSSR count). The van der Waals surface area contributed by atoms with Crippen molar-refractivity contribution in [3.05, 3.63) is 0 Å². The van der Waals surface area contributed by atoms with Crippen LogP contribution in [0.2, 0.25) is 0 Å². The molecular weight excluding hydrogens is 162 g/mol. The summed E-state index contributed by atoms with van der Waals surface area (Å²) in [6.45, 7) is 7.38. The Balaban J connectivity index is 2.05. The van der Waals surface area contributed by atoms with Gasteiger partial charge in [-0.05, 0) is 31.8 Å². The highest BCUT2D eigenvalue weighted by atomic mass is 16.1. The van der Waals surface area contributed by atoms with Gasteiger partial charge >= 0.3 is 0 Å². The summed E-state index contributed by atoms with van der Waals surface area (Å²) in [6.07, 6.45) is 4.19. The van der Waals surface area contributed by atoms with Gasteiger partial charge in [-0.25, -0.2) is 0 Å². The molecule has 0 spiro atoms. The molecule has 0 bridgehead atoms. The minimum atomic E-state index is 0.467. The molecule has 13 heavy (non-hydrogen) atoms. The molecule has 0 radical (unpaired) electrons. The van der Waals surface area contributed by atoms with Crippen molar-refractivity contribution in [1.82, 2.24) is 4.90 Å². The summed E-state index contributed by atoms with van der Waals surface area (Å²) in [6, 6.07) is 0. The van der Waals surface area contributed by atoms with Crippen molar-refractivity contribution in [3.63, 3.8) is 0 Å². The highest BCUT2D eigenvalue weighted by Crippen LogP contribution is 2.32. The standard InChI is InChI=1S/C11H21NO/c1-3-12(4-2)8-7-11(13)9-10-5-6-10/h10H,3-9H2,1-2H3. The average Bonchev–Trinajstić information content (AvgIpc) is 2.90. The van der Waals surface area contributed by atoms with Crippen LogP contribution in [-0.2, 0) is 4.79 Å². The molecule has 1 saturated carbocycles. The maximum atomic E-state index is 11.4. The summed E-state index contributed by atoms with van der Waals surface area (Å²) in [4.78, 5) is 13.7. The maximum Gasteiger partial charge on any atom is 0.134 e. The lowest BCUT2D eigenvalue weighted by atomic mass is 10.1. The molecule has 0 aliphatic heterocycles. The molecule has 0 aromatic rings. The van der Waals surface area contributed by atoms with Gasteiger partial charge in [0, 0.05) is 19.4 Å². The summed E-state index contributed by atoms with van der Waals surface area (Å²) in [7, 11) is 0. The topological polar surface area (TPSA) is 20.3 Å². The second kappa shape index (κ2) is 5.38. The number of ketones is 1. The molecule has 1 aliphatic carbocycles. The Bertz CT molecular complexity index is 159. The first kappa shape index (κ1) is 10.7. The van der Waals surface area contributed by atoms with E-state index in [-0.39, 0.29) is 0 Å². The zero-order valence-electron chi connectivity index (χ0n) is 8.88.